The second-order valence-corrected chi connectivity index (χ2v) is 7.11. The number of hydrogen-bond acceptors (Lipinski definition) is 4. The normalized spacial score (nSPS) is 12.3. The molecule has 0 atom stereocenters. The molecule has 0 N–H and O–H groups in total. The Kier molecular flexibility index (Phi) is 3.42. The number of rotatable bonds is 2. The third-order valence-corrected chi connectivity index (χ3v) is 5.79. The molecule has 1 aromatic heterocycles. The van der Waals surface area contributed by atoms with E-state index >= 15 is 0 Å². The zero-order chi connectivity index (χ0) is 16.1. The van der Waals surface area contributed by atoms with E-state index in [0.717, 1.165) is 5.56 Å². The van der Waals surface area contributed by atoms with Crippen molar-refractivity contribution < 1.29 is 13.2 Å². The molecule has 0 unspecified atom stereocenters. The van der Waals surface area contributed by atoms with Crippen molar-refractivity contribution in [3.8, 4) is 21.7 Å². The van der Waals surface area contributed by atoms with Crippen molar-refractivity contribution in [1.82, 2.24) is 10.2 Å². The summed E-state index contributed by atoms with van der Waals surface area (Å²) in [5, 5.41) is 8.15. The van der Waals surface area contributed by atoms with Crippen molar-refractivity contribution >= 4 is 23.1 Å². The van der Waals surface area contributed by atoms with E-state index < -0.39 is 17.5 Å². The van der Waals surface area contributed by atoms with Crippen molar-refractivity contribution in [2.75, 3.05) is 6.26 Å². The van der Waals surface area contributed by atoms with Gasteiger partial charge in [-0.15, -0.1) is 10.2 Å². The summed E-state index contributed by atoms with van der Waals surface area (Å²) < 4.78 is 43.6. The molecule has 2 aromatic carbocycles. The molecule has 1 aliphatic rings. The first-order valence-electron chi connectivity index (χ1n) is 6.77. The number of benzene rings is 2. The van der Waals surface area contributed by atoms with Crippen LogP contribution in [0, 0.1) is 17.5 Å². The fourth-order valence-electron chi connectivity index (χ4n) is 2.89. The van der Waals surface area contributed by atoms with Crippen LogP contribution in [-0.4, -0.2) is 16.5 Å². The Bertz CT molecular complexity index is 937. The van der Waals surface area contributed by atoms with Gasteiger partial charge in [0.2, 0.25) is 0 Å². The minimum absolute atomic E-state index is 0.0212. The molecule has 0 spiro atoms. The second kappa shape index (κ2) is 5.35. The maximum atomic E-state index is 14.5. The highest BCUT2D eigenvalue weighted by molar-refractivity contribution is 8.00. The van der Waals surface area contributed by atoms with Gasteiger partial charge < -0.3 is 0 Å². The Morgan fingerprint density at radius 2 is 1.74 bits per heavy atom. The third-order valence-electron chi connectivity index (χ3n) is 3.88. The predicted octanol–water partition coefficient (Wildman–Crippen LogP) is 4.92. The van der Waals surface area contributed by atoms with Gasteiger partial charge in [-0.05, 0) is 29.4 Å². The first kappa shape index (κ1) is 14.7. The topological polar surface area (TPSA) is 25.8 Å². The maximum Gasteiger partial charge on any atom is 0.195 e. The molecule has 0 saturated heterocycles. The van der Waals surface area contributed by atoms with Gasteiger partial charge in [0.15, 0.2) is 26.8 Å². The van der Waals surface area contributed by atoms with Crippen LogP contribution in [-0.2, 0) is 6.42 Å². The van der Waals surface area contributed by atoms with Crippen LogP contribution in [0.5, 0.6) is 0 Å². The SMILES string of the molecule is CSc1nnc(-c2c(F)c(F)c(F)c3c2Cc2ccccc2-3)s1. The van der Waals surface area contributed by atoms with E-state index in [9.17, 15) is 13.2 Å². The molecule has 1 aliphatic carbocycles. The largest absolute Gasteiger partial charge is 0.203 e. The summed E-state index contributed by atoms with van der Waals surface area (Å²) in [6.07, 6.45) is 2.18. The number of halogens is 3. The van der Waals surface area contributed by atoms with Crippen LogP contribution in [0.3, 0.4) is 0 Å². The molecule has 23 heavy (non-hydrogen) atoms. The highest BCUT2D eigenvalue weighted by Gasteiger charge is 2.32. The zero-order valence-corrected chi connectivity index (χ0v) is 13.5. The number of fused-ring (bicyclic) bond motifs is 3. The quantitative estimate of drug-likeness (QED) is 0.379. The molecule has 7 heteroatoms. The predicted molar refractivity (Wildman–Crippen MR) is 85.2 cm³/mol. The Balaban J connectivity index is 2.04. The van der Waals surface area contributed by atoms with Crippen molar-refractivity contribution in [2.24, 2.45) is 0 Å². The van der Waals surface area contributed by atoms with Crippen LogP contribution in [0.4, 0.5) is 13.2 Å². The van der Waals surface area contributed by atoms with Gasteiger partial charge in [0.1, 0.15) is 0 Å². The van der Waals surface area contributed by atoms with E-state index in [1.807, 2.05) is 18.4 Å². The average Bonchev–Trinajstić information content (AvgIpc) is 3.17. The van der Waals surface area contributed by atoms with Crippen LogP contribution in [0.1, 0.15) is 11.1 Å². The molecule has 0 saturated carbocycles. The van der Waals surface area contributed by atoms with Crippen LogP contribution in [0.2, 0.25) is 0 Å². The Morgan fingerprint density at radius 1 is 1.00 bits per heavy atom. The molecule has 0 aliphatic heterocycles. The Morgan fingerprint density at radius 3 is 2.48 bits per heavy atom. The lowest BCUT2D eigenvalue weighted by Crippen LogP contribution is -2.01. The number of aromatic nitrogens is 2. The average molecular weight is 350 g/mol. The van der Waals surface area contributed by atoms with Gasteiger partial charge in [0.25, 0.3) is 0 Å². The molecule has 0 bridgehead atoms. The molecule has 3 aromatic rings. The Labute approximate surface area is 138 Å². The number of thioether (sulfide) groups is 1. The van der Waals surface area contributed by atoms with E-state index in [1.54, 1.807) is 12.1 Å². The van der Waals surface area contributed by atoms with Crippen LogP contribution in [0.15, 0.2) is 28.6 Å². The van der Waals surface area contributed by atoms with Crippen molar-refractivity contribution in [1.29, 1.82) is 0 Å². The fourth-order valence-corrected chi connectivity index (χ4v) is 4.22. The molecule has 116 valence electrons. The molecule has 4 rings (SSSR count). The van der Waals surface area contributed by atoms with Gasteiger partial charge in [-0.3, -0.25) is 0 Å². The second-order valence-electron chi connectivity index (χ2n) is 5.08. The summed E-state index contributed by atoms with van der Waals surface area (Å²) >= 11 is 2.54. The van der Waals surface area contributed by atoms with Crippen molar-refractivity contribution in [2.45, 2.75) is 10.8 Å². The highest BCUT2D eigenvalue weighted by atomic mass is 32.2. The van der Waals surface area contributed by atoms with E-state index in [0.29, 0.717) is 21.9 Å². The molecule has 0 fully saturated rings. The summed E-state index contributed by atoms with van der Waals surface area (Å²) in [5.41, 5.74) is 2.05. The molecule has 1 heterocycles. The lowest BCUT2D eigenvalue weighted by atomic mass is 9.99. The third kappa shape index (κ3) is 2.10. The van der Waals surface area contributed by atoms with Crippen molar-refractivity contribution in [3.63, 3.8) is 0 Å². The van der Waals surface area contributed by atoms with Gasteiger partial charge in [-0.1, -0.05) is 47.4 Å². The summed E-state index contributed by atoms with van der Waals surface area (Å²) in [6, 6.07) is 7.14. The zero-order valence-electron chi connectivity index (χ0n) is 11.9. The summed E-state index contributed by atoms with van der Waals surface area (Å²) in [4.78, 5) is 0. The summed E-state index contributed by atoms with van der Waals surface area (Å²) in [7, 11) is 0. The van der Waals surface area contributed by atoms with Crippen LogP contribution < -0.4 is 0 Å². The first-order chi connectivity index (χ1) is 11.1. The molecular formula is C16H9F3N2S2. The maximum absolute atomic E-state index is 14.5. The van der Waals surface area contributed by atoms with E-state index in [4.69, 9.17) is 0 Å². The van der Waals surface area contributed by atoms with Gasteiger partial charge in [-0.25, -0.2) is 13.2 Å². The summed E-state index contributed by atoms with van der Waals surface area (Å²) in [5.74, 6) is -3.80. The lowest BCUT2D eigenvalue weighted by Gasteiger charge is -2.10. The van der Waals surface area contributed by atoms with Crippen LogP contribution >= 0.6 is 23.1 Å². The standard InChI is InChI=1S/C16H9F3N2S2/c1-22-16-21-20-15(23-16)11-9-6-7-4-2-3-5-8(7)10(9)12(17)14(19)13(11)18/h2-5H,6H2,1H3. The number of hydrogen-bond donors (Lipinski definition) is 0. The Hall–Kier alpha value is -1.86. The van der Waals surface area contributed by atoms with E-state index in [-0.39, 0.29) is 16.1 Å². The first-order valence-corrected chi connectivity index (χ1v) is 8.81. The minimum Gasteiger partial charge on any atom is -0.203 e. The minimum atomic E-state index is -1.46. The summed E-state index contributed by atoms with van der Waals surface area (Å²) in [6.45, 7) is 0. The van der Waals surface area contributed by atoms with Gasteiger partial charge in [-0.2, -0.15) is 0 Å². The fraction of sp³-hybridized carbons (Fsp3) is 0.125. The lowest BCUT2D eigenvalue weighted by molar-refractivity contribution is 0.450. The molecule has 0 amide bonds. The van der Waals surface area contributed by atoms with Crippen LogP contribution in [0.25, 0.3) is 21.7 Å². The number of nitrogens with zero attached hydrogens (tertiary/aromatic N) is 2. The molecular weight excluding hydrogens is 341 g/mol. The van der Waals surface area contributed by atoms with Crippen molar-refractivity contribution in [3.05, 3.63) is 52.8 Å². The molecule has 0 radical (unpaired) electrons. The highest BCUT2D eigenvalue weighted by Crippen LogP contribution is 2.46. The van der Waals surface area contributed by atoms with Gasteiger partial charge in [0, 0.05) is 5.56 Å². The smallest absolute Gasteiger partial charge is 0.195 e. The van der Waals surface area contributed by atoms with E-state index in [2.05, 4.69) is 10.2 Å². The van der Waals surface area contributed by atoms with E-state index in [1.165, 1.54) is 23.1 Å². The monoisotopic (exact) mass is 350 g/mol. The molecule has 2 nitrogen and oxygen atoms in total. The van der Waals surface area contributed by atoms with Gasteiger partial charge in [0.05, 0.1) is 5.56 Å². The van der Waals surface area contributed by atoms with Gasteiger partial charge >= 0.3 is 0 Å².